The number of carbonyl (C=O) groups excluding carboxylic acids is 2. The van der Waals surface area contributed by atoms with E-state index in [-0.39, 0.29) is 17.2 Å². The molecule has 36 heavy (non-hydrogen) atoms. The Hall–Kier alpha value is -3.62. The van der Waals surface area contributed by atoms with Gasteiger partial charge in [-0.15, -0.1) is 0 Å². The van der Waals surface area contributed by atoms with Crippen molar-refractivity contribution >= 4 is 17.4 Å². The predicted molar refractivity (Wildman–Crippen MR) is 124 cm³/mol. The topological polar surface area (TPSA) is 46.2 Å². The van der Waals surface area contributed by atoms with E-state index in [0.29, 0.717) is 17.7 Å². The van der Waals surface area contributed by atoms with Crippen molar-refractivity contribution in [2.45, 2.75) is 47.0 Å². The van der Waals surface area contributed by atoms with Gasteiger partial charge in [-0.2, -0.15) is 26.3 Å². The Bertz CT molecular complexity index is 1310. The first-order valence-electron chi connectivity index (χ1n) is 10.9. The molecule has 0 spiro atoms. The minimum atomic E-state index is -5.06. The zero-order chi connectivity index (χ0) is 27.2. The first kappa shape index (κ1) is 27.0. The van der Waals surface area contributed by atoms with E-state index in [2.05, 4.69) is 5.32 Å². The summed E-state index contributed by atoms with van der Waals surface area (Å²) in [5, 5.41) is 2.10. The number of halogens is 6. The molecule has 0 heterocycles. The van der Waals surface area contributed by atoms with Crippen LogP contribution in [0.4, 0.5) is 32.0 Å². The fourth-order valence-electron chi connectivity index (χ4n) is 4.08. The van der Waals surface area contributed by atoms with Crippen LogP contribution in [0.5, 0.6) is 0 Å². The van der Waals surface area contributed by atoms with Crippen LogP contribution < -0.4 is 5.32 Å². The zero-order valence-corrected chi connectivity index (χ0v) is 20.1. The number of nitrogens with one attached hydrogen (secondary N) is 1. The second-order valence-corrected chi connectivity index (χ2v) is 8.62. The van der Waals surface area contributed by atoms with Gasteiger partial charge in [-0.25, -0.2) is 0 Å². The molecule has 0 atom stereocenters. The molecule has 3 nitrogen and oxygen atoms in total. The third-order valence-electron chi connectivity index (χ3n) is 6.49. The Morgan fingerprint density at radius 1 is 0.639 bits per heavy atom. The molecule has 1 amide bonds. The summed E-state index contributed by atoms with van der Waals surface area (Å²) in [5.74, 6) is -1.48. The zero-order valence-electron chi connectivity index (χ0n) is 20.1. The molecular formula is C27H23F6NO2. The van der Waals surface area contributed by atoms with Crippen LogP contribution in [-0.2, 0) is 12.4 Å². The first-order chi connectivity index (χ1) is 16.5. The molecule has 0 saturated carbocycles. The van der Waals surface area contributed by atoms with Crippen LogP contribution in [0.3, 0.4) is 0 Å². The molecule has 0 bridgehead atoms. The van der Waals surface area contributed by atoms with Crippen molar-refractivity contribution in [2.24, 2.45) is 0 Å². The Kier molecular flexibility index (Phi) is 7.08. The summed E-state index contributed by atoms with van der Waals surface area (Å²) in [4.78, 5) is 26.6. The Morgan fingerprint density at radius 3 is 1.50 bits per heavy atom. The number of amides is 1. The van der Waals surface area contributed by atoms with E-state index in [1.54, 1.807) is 13.8 Å². The monoisotopic (exact) mass is 507 g/mol. The minimum Gasteiger partial charge on any atom is -0.322 e. The molecule has 3 rings (SSSR count). The van der Waals surface area contributed by atoms with Gasteiger partial charge in [-0.1, -0.05) is 18.2 Å². The lowest BCUT2D eigenvalue weighted by Gasteiger charge is -2.19. The summed E-state index contributed by atoms with van der Waals surface area (Å²) < 4.78 is 79.2. The summed E-state index contributed by atoms with van der Waals surface area (Å²) >= 11 is 0. The fourth-order valence-corrected chi connectivity index (χ4v) is 4.08. The van der Waals surface area contributed by atoms with Crippen LogP contribution in [0.1, 0.15) is 65.2 Å². The molecule has 0 radical (unpaired) electrons. The first-order valence-corrected chi connectivity index (χ1v) is 10.9. The fraction of sp³-hybridized carbons (Fsp3) is 0.259. The van der Waals surface area contributed by atoms with Gasteiger partial charge in [-0.3, -0.25) is 9.59 Å². The molecule has 3 aromatic carbocycles. The van der Waals surface area contributed by atoms with Crippen LogP contribution in [-0.4, -0.2) is 11.7 Å². The van der Waals surface area contributed by atoms with Gasteiger partial charge in [0, 0.05) is 16.8 Å². The van der Waals surface area contributed by atoms with Crippen molar-refractivity contribution in [3.8, 4) is 0 Å². The second-order valence-electron chi connectivity index (χ2n) is 8.62. The molecule has 9 heteroatoms. The van der Waals surface area contributed by atoms with E-state index in [4.69, 9.17) is 0 Å². The highest BCUT2D eigenvalue weighted by molar-refractivity contribution is 6.18. The van der Waals surface area contributed by atoms with Gasteiger partial charge in [-0.05, 0) is 86.7 Å². The average molecular weight is 507 g/mol. The van der Waals surface area contributed by atoms with Crippen LogP contribution in [0.2, 0.25) is 0 Å². The Balaban J connectivity index is 2.08. The van der Waals surface area contributed by atoms with E-state index in [9.17, 15) is 35.9 Å². The maximum Gasteiger partial charge on any atom is 0.416 e. The highest BCUT2D eigenvalue weighted by Crippen LogP contribution is 2.38. The summed E-state index contributed by atoms with van der Waals surface area (Å²) in [7, 11) is 0. The quantitative estimate of drug-likeness (QED) is 0.290. The van der Waals surface area contributed by atoms with E-state index in [1.807, 2.05) is 20.8 Å². The van der Waals surface area contributed by atoms with Crippen molar-refractivity contribution in [1.29, 1.82) is 0 Å². The normalized spacial score (nSPS) is 12.0. The molecule has 0 aliphatic rings. The number of anilines is 1. The Labute approximate surface area is 204 Å². The lowest BCUT2D eigenvalue weighted by atomic mass is 9.85. The standard InChI is InChI=1S/C27H23F6NO2/c1-13-14(2)16(4)23(17(5)15(13)3)24(35)21-8-6-7-9-22(21)25(36)34-20-11-18(26(28,29)30)10-19(12-20)27(31,32)33/h6-12H,1-5H3,(H,34,36). The molecule has 3 aromatic rings. The summed E-state index contributed by atoms with van der Waals surface area (Å²) in [6.07, 6.45) is -10.1. The van der Waals surface area contributed by atoms with E-state index in [0.717, 1.165) is 27.8 Å². The number of hydrogen-bond acceptors (Lipinski definition) is 2. The van der Waals surface area contributed by atoms with Crippen molar-refractivity contribution in [2.75, 3.05) is 5.32 Å². The van der Waals surface area contributed by atoms with Gasteiger partial charge in [0.1, 0.15) is 0 Å². The number of alkyl halides is 6. The molecule has 0 fully saturated rings. The van der Waals surface area contributed by atoms with Crippen molar-refractivity contribution in [1.82, 2.24) is 0 Å². The molecule has 0 saturated heterocycles. The third kappa shape index (κ3) is 5.15. The number of hydrogen-bond donors (Lipinski definition) is 1. The van der Waals surface area contributed by atoms with Crippen molar-refractivity contribution in [3.63, 3.8) is 0 Å². The smallest absolute Gasteiger partial charge is 0.322 e. The minimum absolute atomic E-state index is 0.0214. The van der Waals surface area contributed by atoms with Crippen LogP contribution in [0, 0.1) is 34.6 Å². The highest BCUT2D eigenvalue weighted by Gasteiger charge is 2.37. The van der Waals surface area contributed by atoms with Gasteiger partial charge in [0.15, 0.2) is 5.78 Å². The molecule has 0 aliphatic carbocycles. The number of rotatable bonds is 4. The van der Waals surface area contributed by atoms with Gasteiger partial charge < -0.3 is 5.32 Å². The lowest BCUT2D eigenvalue weighted by Crippen LogP contribution is -2.19. The van der Waals surface area contributed by atoms with Crippen molar-refractivity contribution in [3.05, 3.63) is 98.1 Å². The molecule has 1 N–H and O–H groups in total. The molecular weight excluding hydrogens is 484 g/mol. The second kappa shape index (κ2) is 9.44. The molecule has 0 aliphatic heterocycles. The maximum atomic E-state index is 13.6. The predicted octanol–water partition coefficient (Wildman–Crippen LogP) is 7.75. The van der Waals surface area contributed by atoms with E-state index < -0.39 is 40.9 Å². The van der Waals surface area contributed by atoms with Gasteiger partial charge in [0.25, 0.3) is 5.91 Å². The van der Waals surface area contributed by atoms with Crippen LogP contribution in [0.25, 0.3) is 0 Å². The summed E-state index contributed by atoms with van der Waals surface area (Å²) in [6, 6.07) is 6.46. The van der Waals surface area contributed by atoms with Gasteiger partial charge in [0.05, 0.1) is 16.7 Å². The highest BCUT2D eigenvalue weighted by atomic mass is 19.4. The third-order valence-corrected chi connectivity index (χ3v) is 6.49. The average Bonchev–Trinajstić information content (AvgIpc) is 2.80. The maximum absolute atomic E-state index is 13.6. The van der Waals surface area contributed by atoms with Crippen LogP contribution in [0.15, 0.2) is 42.5 Å². The Morgan fingerprint density at radius 2 is 1.06 bits per heavy atom. The van der Waals surface area contributed by atoms with Crippen LogP contribution >= 0.6 is 0 Å². The SMILES string of the molecule is Cc1c(C)c(C)c(C(=O)c2ccccc2C(=O)Nc2cc(C(F)(F)F)cc(C(F)(F)F)c2)c(C)c1C. The van der Waals surface area contributed by atoms with Crippen molar-refractivity contribution < 1.29 is 35.9 Å². The molecule has 0 unspecified atom stereocenters. The largest absolute Gasteiger partial charge is 0.416 e. The number of ketones is 1. The van der Waals surface area contributed by atoms with E-state index >= 15 is 0 Å². The van der Waals surface area contributed by atoms with Gasteiger partial charge in [0.2, 0.25) is 0 Å². The van der Waals surface area contributed by atoms with E-state index in [1.165, 1.54) is 24.3 Å². The summed E-state index contributed by atoms with van der Waals surface area (Å²) in [5.41, 5.74) is 0.675. The summed E-state index contributed by atoms with van der Waals surface area (Å²) in [6.45, 7) is 9.25. The number of carbonyl (C=O) groups is 2. The lowest BCUT2D eigenvalue weighted by molar-refractivity contribution is -0.143. The molecule has 190 valence electrons. The number of benzene rings is 3. The van der Waals surface area contributed by atoms with Gasteiger partial charge >= 0.3 is 12.4 Å². The molecule has 0 aromatic heterocycles.